The Balaban J connectivity index is 1.87. The van der Waals surface area contributed by atoms with E-state index in [1.807, 2.05) is 36.7 Å². The smallest absolute Gasteiger partial charge is 0.146 e. The second-order valence-corrected chi connectivity index (χ2v) is 3.65. The summed E-state index contributed by atoms with van der Waals surface area (Å²) in [6.45, 7) is 3.38. The van der Waals surface area contributed by atoms with E-state index in [1.54, 1.807) is 6.20 Å². The van der Waals surface area contributed by atoms with E-state index in [4.69, 9.17) is 0 Å². The Morgan fingerprint density at radius 2 is 2.12 bits per heavy atom. The van der Waals surface area contributed by atoms with Gasteiger partial charge in [-0.25, -0.2) is 0 Å². The molecule has 16 heavy (non-hydrogen) atoms. The Hall–Kier alpha value is -1.75. The predicted octanol–water partition coefficient (Wildman–Crippen LogP) is 0.808. The van der Waals surface area contributed by atoms with Gasteiger partial charge in [-0.2, -0.15) is 0 Å². The topological polar surface area (TPSA) is 55.6 Å². The first-order valence-corrected chi connectivity index (χ1v) is 5.23. The van der Waals surface area contributed by atoms with Gasteiger partial charge in [0, 0.05) is 19.8 Å². The lowest BCUT2D eigenvalue weighted by molar-refractivity contribution is 0.626. The third-order valence-corrected chi connectivity index (χ3v) is 2.50. The first-order chi connectivity index (χ1) is 7.77. The van der Waals surface area contributed by atoms with Crippen molar-refractivity contribution in [3.05, 3.63) is 41.7 Å². The largest absolute Gasteiger partial charge is 0.317 e. The van der Waals surface area contributed by atoms with Gasteiger partial charge in [0.15, 0.2) is 0 Å². The molecule has 1 N–H and O–H groups in total. The molecule has 5 heteroatoms. The van der Waals surface area contributed by atoms with Crippen molar-refractivity contribution in [2.24, 2.45) is 7.05 Å². The van der Waals surface area contributed by atoms with Crippen molar-refractivity contribution in [3.63, 3.8) is 0 Å². The molecule has 0 saturated heterocycles. The highest BCUT2D eigenvalue weighted by Gasteiger charge is 2.03. The summed E-state index contributed by atoms with van der Waals surface area (Å²) in [5.74, 6) is 1.86. The fourth-order valence-corrected chi connectivity index (χ4v) is 1.41. The van der Waals surface area contributed by atoms with Gasteiger partial charge in [0.25, 0.3) is 0 Å². The molecule has 0 fully saturated rings. The number of nitrogens with zero attached hydrogens (tertiary/aromatic N) is 4. The zero-order chi connectivity index (χ0) is 11.4. The van der Waals surface area contributed by atoms with Crippen LogP contribution in [0.15, 0.2) is 24.4 Å². The Bertz CT molecular complexity index is 449. The van der Waals surface area contributed by atoms with Crippen LogP contribution in [0.1, 0.15) is 17.3 Å². The standard InChI is InChI=1S/C11H15N5/c1-9-14-15-11(16(9)2)8-12-7-10-5-3-4-6-13-10/h3-6,12H,7-8H2,1-2H3. The van der Waals surface area contributed by atoms with Crippen LogP contribution in [0, 0.1) is 6.92 Å². The number of nitrogens with one attached hydrogen (secondary N) is 1. The molecule has 0 aliphatic heterocycles. The monoisotopic (exact) mass is 217 g/mol. The minimum atomic E-state index is 0.702. The van der Waals surface area contributed by atoms with Gasteiger partial charge in [-0.1, -0.05) is 6.07 Å². The third kappa shape index (κ3) is 2.43. The van der Waals surface area contributed by atoms with Crippen LogP contribution in [0.3, 0.4) is 0 Å². The highest BCUT2D eigenvalue weighted by molar-refractivity contribution is 5.03. The average molecular weight is 217 g/mol. The summed E-state index contributed by atoms with van der Waals surface area (Å²) in [7, 11) is 1.97. The maximum Gasteiger partial charge on any atom is 0.146 e. The first kappa shape index (κ1) is 10.8. The van der Waals surface area contributed by atoms with Crippen LogP contribution >= 0.6 is 0 Å². The molecular formula is C11H15N5. The Morgan fingerprint density at radius 3 is 2.75 bits per heavy atom. The minimum Gasteiger partial charge on any atom is -0.317 e. The number of rotatable bonds is 4. The number of hydrogen-bond donors (Lipinski definition) is 1. The summed E-state index contributed by atoms with van der Waals surface area (Å²) in [4.78, 5) is 4.23. The van der Waals surface area contributed by atoms with Crippen LogP contribution in [-0.4, -0.2) is 19.7 Å². The molecule has 0 radical (unpaired) electrons. The highest BCUT2D eigenvalue weighted by Crippen LogP contribution is 1.98. The third-order valence-electron chi connectivity index (χ3n) is 2.50. The normalized spacial score (nSPS) is 10.6. The number of aryl methyl sites for hydroxylation is 1. The fourth-order valence-electron chi connectivity index (χ4n) is 1.41. The van der Waals surface area contributed by atoms with Gasteiger partial charge in [-0.05, 0) is 19.1 Å². The van der Waals surface area contributed by atoms with Gasteiger partial charge in [0.2, 0.25) is 0 Å². The van der Waals surface area contributed by atoms with Gasteiger partial charge in [0.05, 0.1) is 12.2 Å². The van der Waals surface area contributed by atoms with E-state index in [0.717, 1.165) is 23.9 Å². The lowest BCUT2D eigenvalue weighted by atomic mass is 10.3. The summed E-state index contributed by atoms with van der Waals surface area (Å²) < 4.78 is 1.98. The lowest BCUT2D eigenvalue weighted by Crippen LogP contribution is -2.16. The van der Waals surface area contributed by atoms with Crippen LogP contribution in [0.25, 0.3) is 0 Å². The molecule has 0 atom stereocenters. The molecule has 5 nitrogen and oxygen atoms in total. The van der Waals surface area contributed by atoms with E-state index >= 15 is 0 Å². The van der Waals surface area contributed by atoms with E-state index in [1.165, 1.54) is 0 Å². The SMILES string of the molecule is Cc1nnc(CNCc2ccccn2)n1C. The molecule has 2 aromatic heterocycles. The first-order valence-electron chi connectivity index (χ1n) is 5.23. The van der Waals surface area contributed by atoms with Crippen LogP contribution in [0.2, 0.25) is 0 Å². The molecule has 84 valence electrons. The van der Waals surface area contributed by atoms with Gasteiger partial charge < -0.3 is 9.88 Å². The van der Waals surface area contributed by atoms with Crippen molar-refractivity contribution in [1.82, 2.24) is 25.1 Å². The molecule has 0 unspecified atom stereocenters. The van der Waals surface area contributed by atoms with Crippen molar-refractivity contribution in [1.29, 1.82) is 0 Å². The zero-order valence-corrected chi connectivity index (χ0v) is 9.51. The second kappa shape index (κ2) is 4.85. The van der Waals surface area contributed by atoms with Gasteiger partial charge in [-0.3, -0.25) is 4.98 Å². The molecule has 0 aliphatic rings. The maximum absolute atomic E-state index is 4.23. The van der Waals surface area contributed by atoms with E-state index in [0.29, 0.717) is 6.54 Å². The summed E-state index contributed by atoms with van der Waals surface area (Å²) in [6.07, 6.45) is 1.80. The van der Waals surface area contributed by atoms with E-state index in [2.05, 4.69) is 20.5 Å². The molecule has 2 aromatic rings. The Labute approximate surface area is 94.5 Å². The molecule has 0 amide bonds. The molecule has 0 aromatic carbocycles. The summed E-state index contributed by atoms with van der Waals surface area (Å²) in [5.41, 5.74) is 1.03. The Morgan fingerprint density at radius 1 is 1.25 bits per heavy atom. The average Bonchev–Trinajstić information content (AvgIpc) is 2.62. The second-order valence-electron chi connectivity index (χ2n) is 3.65. The summed E-state index contributed by atoms with van der Waals surface area (Å²) >= 11 is 0. The van der Waals surface area contributed by atoms with Crippen molar-refractivity contribution >= 4 is 0 Å². The lowest BCUT2D eigenvalue weighted by Gasteiger charge is -2.04. The quantitative estimate of drug-likeness (QED) is 0.823. The highest BCUT2D eigenvalue weighted by atomic mass is 15.3. The van der Waals surface area contributed by atoms with E-state index in [9.17, 15) is 0 Å². The molecule has 0 aliphatic carbocycles. The predicted molar refractivity (Wildman–Crippen MR) is 60.5 cm³/mol. The number of aromatic nitrogens is 4. The van der Waals surface area contributed by atoms with Crippen LogP contribution in [0.4, 0.5) is 0 Å². The molecule has 0 bridgehead atoms. The summed E-state index contributed by atoms with van der Waals surface area (Å²) in [6, 6.07) is 5.89. The van der Waals surface area contributed by atoms with Crippen LogP contribution in [0.5, 0.6) is 0 Å². The van der Waals surface area contributed by atoms with Crippen molar-refractivity contribution in [2.45, 2.75) is 20.0 Å². The van der Waals surface area contributed by atoms with Crippen molar-refractivity contribution in [3.8, 4) is 0 Å². The molecule has 0 spiro atoms. The number of hydrogen-bond acceptors (Lipinski definition) is 4. The van der Waals surface area contributed by atoms with E-state index in [-0.39, 0.29) is 0 Å². The Kier molecular flexibility index (Phi) is 3.26. The van der Waals surface area contributed by atoms with Crippen LogP contribution < -0.4 is 5.32 Å². The van der Waals surface area contributed by atoms with Crippen molar-refractivity contribution in [2.75, 3.05) is 0 Å². The molecule has 2 rings (SSSR count). The minimum absolute atomic E-state index is 0.702. The van der Waals surface area contributed by atoms with Crippen molar-refractivity contribution < 1.29 is 0 Å². The van der Waals surface area contributed by atoms with Gasteiger partial charge in [-0.15, -0.1) is 10.2 Å². The van der Waals surface area contributed by atoms with Gasteiger partial charge in [0.1, 0.15) is 11.6 Å². The molecular weight excluding hydrogens is 202 g/mol. The van der Waals surface area contributed by atoms with E-state index < -0.39 is 0 Å². The molecule has 2 heterocycles. The maximum atomic E-state index is 4.23. The number of pyridine rings is 1. The van der Waals surface area contributed by atoms with Crippen LogP contribution in [-0.2, 0) is 20.1 Å². The van der Waals surface area contributed by atoms with Gasteiger partial charge >= 0.3 is 0 Å². The molecule has 0 saturated carbocycles. The summed E-state index contributed by atoms with van der Waals surface area (Å²) in [5, 5.41) is 11.4. The zero-order valence-electron chi connectivity index (χ0n) is 9.51. The fraction of sp³-hybridized carbons (Fsp3) is 0.364.